The summed E-state index contributed by atoms with van der Waals surface area (Å²) in [5, 5.41) is 9.38. The number of para-hydroxylation sites is 1. The number of oxime groups is 1. The molecule has 2 atom stereocenters. The van der Waals surface area contributed by atoms with E-state index in [1.807, 2.05) is 37.3 Å². The molecule has 10 nitrogen and oxygen atoms in total. The molecule has 2 aromatic carbocycles. The van der Waals surface area contributed by atoms with Gasteiger partial charge in [0, 0.05) is 28.6 Å². The first-order chi connectivity index (χ1) is 18.9. The maximum atomic E-state index is 12.9. The average molecular weight is 556 g/mol. The zero-order valence-corrected chi connectivity index (χ0v) is 21.3. The summed E-state index contributed by atoms with van der Waals surface area (Å²) < 4.78 is 49.1. The van der Waals surface area contributed by atoms with Gasteiger partial charge in [0.25, 0.3) is 5.91 Å². The molecular formula is C27H23F3N4O6. The third kappa shape index (κ3) is 5.01. The first-order valence-electron chi connectivity index (χ1n) is 12.1. The van der Waals surface area contributed by atoms with Crippen molar-refractivity contribution in [2.75, 3.05) is 6.61 Å². The van der Waals surface area contributed by atoms with Gasteiger partial charge in [-0.1, -0.05) is 35.5 Å². The third-order valence-corrected chi connectivity index (χ3v) is 6.78. The van der Waals surface area contributed by atoms with E-state index in [1.54, 1.807) is 24.3 Å². The van der Waals surface area contributed by atoms with E-state index in [4.69, 9.17) is 9.57 Å². The number of alkyl halides is 3. The number of nitrogens with one attached hydrogen (secondary N) is 2. The van der Waals surface area contributed by atoms with Crippen LogP contribution in [0.2, 0.25) is 0 Å². The van der Waals surface area contributed by atoms with Gasteiger partial charge in [-0.25, -0.2) is 9.59 Å². The number of ether oxygens (including phenoxy) is 2. The van der Waals surface area contributed by atoms with Crippen LogP contribution in [-0.4, -0.2) is 46.9 Å². The Morgan fingerprint density at radius 1 is 1.12 bits per heavy atom. The highest BCUT2D eigenvalue weighted by atomic mass is 19.4. The Labute approximate surface area is 225 Å². The van der Waals surface area contributed by atoms with Gasteiger partial charge in [-0.2, -0.15) is 13.2 Å². The number of benzene rings is 2. The Hall–Kier alpha value is -4.68. The summed E-state index contributed by atoms with van der Waals surface area (Å²) >= 11 is 0. The summed E-state index contributed by atoms with van der Waals surface area (Å²) in [5.74, 6) is -2.65. The number of urea groups is 1. The van der Waals surface area contributed by atoms with Crippen LogP contribution in [0.25, 0.3) is 10.9 Å². The van der Waals surface area contributed by atoms with Crippen molar-refractivity contribution in [3.63, 3.8) is 0 Å². The van der Waals surface area contributed by atoms with Gasteiger partial charge < -0.3 is 19.6 Å². The maximum Gasteiger partial charge on any atom is 0.490 e. The summed E-state index contributed by atoms with van der Waals surface area (Å²) in [4.78, 5) is 45.7. The van der Waals surface area contributed by atoms with Crippen molar-refractivity contribution >= 4 is 34.5 Å². The van der Waals surface area contributed by atoms with Crippen molar-refractivity contribution in [2.45, 2.75) is 44.2 Å². The third-order valence-electron chi connectivity index (χ3n) is 6.78. The number of amides is 3. The number of rotatable bonds is 7. The number of halogens is 3. The Kier molecular flexibility index (Phi) is 6.60. The van der Waals surface area contributed by atoms with Crippen molar-refractivity contribution in [2.24, 2.45) is 5.16 Å². The van der Waals surface area contributed by atoms with Gasteiger partial charge in [-0.15, -0.1) is 0 Å². The lowest BCUT2D eigenvalue weighted by atomic mass is 9.83. The molecule has 0 spiro atoms. The number of aromatic nitrogens is 1. The molecule has 1 fully saturated rings. The number of pyridine rings is 1. The summed E-state index contributed by atoms with van der Waals surface area (Å²) in [6.07, 6.45) is -5.47. The second-order valence-electron chi connectivity index (χ2n) is 9.66. The number of imide groups is 1. The maximum absolute atomic E-state index is 12.9. The van der Waals surface area contributed by atoms with E-state index in [0.717, 1.165) is 22.2 Å². The lowest BCUT2D eigenvalue weighted by Gasteiger charge is -2.28. The Bertz CT molecular complexity index is 1540. The van der Waals surface area contributed by atoms with Gasteiger partial charge >= 0.3 is 18.2 Å². The van der Waals surface area contributed by atoms with E-state index in [2.05, 4.69) is 25.5 Å². The van der Waals surface area contributed by atoms with E-state index >= 15 is 0 Å². The minimum absolute atomic E-state index is 0.0409. The molecule has 5 rings (SSSR count). The molecule has 208 valence electrons. The molecule has 2 aliphatic heterocycles. The number of nitrogens with zero attached hydrogens (tertiary/aromatic N) is 2. The van der Waals surface area contributed by atoms with Crippen LogP contribution in [0.4, 0.5) is 18.0 Å². The predicted octanol–water partition coefficient (Wildman–Crippen LogP) is 3.80. The number of hydrogen-bond acceptors (Lipinski definition) is 8. The van der Waals surface area contributed by atoms with Crippen molar-refractivity contribution < 1.29 is 41.9 Å². The number of aryl methyl sites for hydroxylation is 1. The number of fused-ring (bicyclic) bond motifs is 1. The van der Waals surface area contributed by atoms with Gasteiger partial charge in [0.2, 0.25) is 5.60 Å². The van der Waals surface area contributed by atoms with Crippen LogP contribution in [0.15, 0.2) is 59.8 Å². The standard InChI is InChI=1S/C27H23F3N4O6/c1-15-11-16(19-5-3-4-6-20(19)31-15)13-38-18-9-7-17(8-10-18)26(14-39-23(36)27(28,29)30)12-21(34-40-26)25(2)22(35)32-24(37)33-25/h3-11H,12-14H2,1-2H3,(H2,32,33,35,37). The molecule has 3 aromatic rings. The van der Waals surface area contributed by atoms with E-state index in [1.165, 1.54) is 6.92 Å². The molecule has 2 aliphatic rings. The second kappa shape index (κ2) is 9.81. The molecule has 0 aliphatic carbocycles. The molecule has 1 saturated heterocycles. The fourth-order valence-electron chi connectivity index (χ4n) is 4.60. The van der Waals surface area contributed by atoms with E-state index in [0.29, 0.717) is 11.3 Å². The Morgan fingerprint density at radius 2 is 1.85 bits per heavy atom. The van der Waals surface area contributed by atoms with Gasteiger partial charge in [0.1, 0.15) is 19.0 Å². The lowest BCUT2D eigenvalue weighted by Crippen LogP contribution is -2.51. The quantitative estimate of drug-likeness (QED) is 0.335. The van der Waals surface area contributed by atoms with Crippen molar-refractivity contribution in [1.82, 2.24) is 15.6 Å². The molecule has 0 radical (unpaired) electrons. The van der Waals surface area contributed by atoms with Crippen molar-refractivity contribution in [3.8, 4) is 5.75 Å². The minimum Gasteiger partial charge on any atom is -0.489 e. The van der Waals surface area contributed by atoms with Crippen molar-refractivity contribution in [3.05, 3.63) is 71.4 Å². The first kappa shape index (κ1) is 26.9. The van der Waals surface area contributed by atoms with Crippen molar-refractivity contribution in [1.29, 1.82) is 0 Å². The van der Waals surface area contributed by atoms with E-state index in [-0.39, 0.29) is 18.7 Å². The van der Waals surface area contributed by atoms with Crippen LogP contribution < -0.4 is 15.4 Å². The number of carbonyl (C=O) groups is 3. The summed E-state index contributed by atoms with van der Waals surface area (Å²) in [5.41, 5.74) is -0.346. The van der Waals surface area contributed by atoms with Crippen LogP contribution in [0.1, 0.15) is 30.2 Å². The normalized spacial score (nSPS) is 22.4. The molecule has 2 unspecified atom stereocenters. The highest BCUT2D eigenvalue weighted by molar-refractivity contribution is 6.22. The Morgan fingerprint density at radius 3 is 2.52 bits per heavy atom. The highest BCUT2D eigenvalue weighted by Crippen LogP contribution is 2.39. The average Bonchev–Trinajstić information content (AvgIpc) is 3.47. The topological polar surface area (TPSA) is 128 Å². The molecule has 13 heteroatoms. The zero-order chi connectivity index (χ0) is 28.7. The molecule has 0 saturated carbocycles. The van der Waals surface area contributed by atoms with Crippen LogP contribution in [-0.2, 0) is 31.4 Å². The molecular weight excluding hydrogens is 533 g/mol. The van der Waals surface area contributed by atoms with Crippen LogP contribution >= 0.6 is 0 Å². The summed E-state index contributed by atoms with van der Waals surface area (Å²) in [6, 6.07) is 15.1. The minimum atomic E-state index is -5.22. The predicted molar refractivity (Wildman–Crippen MR) is 134 cm³/mol. The number of esters is 1. The SMILES string of the molecule is Cc1cc(COc2ccc(C3(COC(=O)C(F)(F)F)CC(C4(C)NC(=O)NC4=O)=NO3)cc2)c2ccccc2n1. The number of carbonyl (C=O) groups excluding carboxylic acids is 3. The van der Waals surface area contributed by atoms with E-state index < -0.39 is 41.8 Å². The summed E-state index contributed by atoms with van der Waals surface area (Å²) in [7, 11) is 0. The van der Waals surface area contributed by atoms with Crippen LogP contribution in [0, 0.1) is 6.92 Å². The molecule has 40 heavy (non-hydrogen) atoms. The summed E-state index contributed by atoms with van der Waals surface area (Å²) in [6.45, 7) is 2.64. The Balaban J connectivity index is 1.37. The van der Waals surface area contributed by atoms with Crippen LogP contribution in [0.3, 0.4) is 0 Å². The molecule has 3 amide bonds. The smallest absolute Gasteiger partial charge is 0.489 e. The van der Waals surface area contributed by atoms with Gasteiger partial charge in [-0.05, 0) is 38.1 Å². The fraction of sp³-hybridized carbons (Fsp3) is 0.296. The molecule has 0 bridgehead atoms. The molecule has 2 N–H and O–H groups in total. The largest absolute Gasteiger partial charge is 0.490 e. The van der Waals surface area contributed by atoms with Gasteiger partial charge in [0.15, 0.2) is 5.54 Å². The van der Waals surface area contributed by atoms with E-state index in [9.17, 15) is 27.6 Å². The zero-order valence-electron chi connectivity index (χ0n) is 21.3. The monoisotopic (exact) mass is 556 g/mol. The first-order valence-corrected chi connectivity index (χ1v) is 12.1. The van der Waals surface area contributed by atoms with Gasteiger partial charge in [-0.3, -0.25) is 15.1 Å². The molecule has 1 aromatic heterocycles. The number of hydrogen-bond donors (Lipinski definition) is 2. The second-order valence-corrected chi connectivity index (χ2v) is 9.66. The van der Waals surface area contributed by atoms with Crippen LogP contribution in [0.5, 0.6) is 5.75 Å². The highest BCUT2D eigenvalue weighted by Gasteiger charge is 2.54. The van der Waals surface area contributed by atoms with Gasteiger partial charge in [0.05, 0.1) is 11.2 Å². The fourth-order valence-corrected chi connectivity index (χ4v) is 4.60. The molecule has 3 heterocycles. The lowest BCUT2D eigenvalue weighted by molar-refractivity contribution is -0.207.